The van der Waals surface area contributed by atoms with Crippen LogP contribution in [0.4, 0.5) is 8.78 Å². The zero-order valence-electron chi connectivity index (χ0n) is 10.2. The van der Waals surface area contributed by atoms with Crippen molar-refractivity contribution in [2.45, 2.75) is 22.8 Å². The monoisotopic (exact) mass is 343 g/mol. The van der Waals surface area contributed by atoms with Gasteiger partial charge in [-0.25, -0.2) is 8.78 Å². The Labute approximate surface area is 123 Å². The summed E-state index contributed by atoms with van der Waals surface area (Å²) in [4.78, 5) is 1.08. The SMILES string of the molecule is C[C@H](N)c1ccc(Sc2cc(F)ccc2F)cc1Br. The standard InChI is InChI=1S/C14H12BrF2NS/c1-8(18)11-4-3-10(7-12(11)15)19-14-6-9(16)2-5-13(14)17/h2-8H,18H2,1H3/t8-/m0/s1. The highest BCUT2D eigenvalue weighted by Crippen LogP contribution is 2.34. The minimum Gasteiger partial charge on any atom is -0.324 e. The van der Waals surface area contributed by atoms with Crippen LogP contribution in [0.3, 0.4) is 0 Å². The second-order valence-electron chi connectivity index (χ2n) is 4.15. The molecule has 2 rings (SSSR count). The van der Waals surface area contributed by atoms with Crippen molar-refractivity contribution in [1.29, 1.82) is 0 Å². The normalized spacial score (nSPS) is 12.5. The van der Waals surface area contributed by atoms with Crippen LogP contribution in [0.1, 0.15) is 18.5 Å². The lowest BCUT2D eigenvalue weighted by molar-refractivity contribution is 0.577. The first-order valence-electron chi connectivity index (χ1n) is 5.65. The molecule has 0 aliphatic heterocycles. The summed E-state index contributed by atoms with van der Waals surface area (Å²) in [6.07, 6.45) is 0. The highest BCUT2D eigenvalue weighted by Gasteiger charge is 2.09. The predicted octanol–water partition coefficient (Wildman–Crippen LogP) is 4.90. The van der Waals surface area contributed by atoms with Crippen LogP contribution in [0.2, 0.25) is 0 Å². The van der Waals surface area contributed by atoms with Gasteiger partial charge in [-0.2, -0.15) is 0 Å². The molecule has 100 valence electrons. The predicted molar refractivity (Wildman–Crippen MR) is 77.2 cm³/mol. The van der Waals surface area contributed by atoms with Gasteiger partial charge < -0.3 is 5.73 Å². The molecule has 5 heteroatoms. The van der Waals surface area contributed by atoms with E-state index in [4.69, 9.17) is 5.73 Å². The van der Waals surface area contributed by atoms with Crippen LogP contribution in [-0.4, -0.2) is 0 Å². The van der Waals surface area contributed by atoms with Crippen molar-refractivity contribution >= 4 is 27.7 Å². The minimum absolute atomic E-state index is 0.0840. The maximum atomic E-state index is 13.5. The number of hydrogen-bond donors (Lipinski definition) is 1. The van der Waals surface area contributed by atoms with Gasteiger partial charge in [0.25, 0.3) is 0 Å². The van der Waals surface area contributed by atoms with E-state index >= 15 is 0 Å². The zero-order valence-corrected chi connectivity index (χ0v) is 12.6. The van der Waals surface area contributed by atoms with Crippen molar-refractivity contribution in [3.05, 3.63) is 58.1 Å². The van der Waals surface area contributed by atoms with Gasteiger partial charge >= 0.3 is 0 Å². The second kappa shape index (κ2) is 6.03. The lowest BCUT2D eigenvalue weighted by atomic mass is 10.1. The van der Waals surface area contributed by atoms with Crippen LogP contribution in [0, 0.1) is 11.6 Å². The van der Waals surface area contributed by atoms with Crippen molar-refractivity contribution in [3.8, 4) is 0 Å². The highest BCUT2D eigenvalue weighted by atomic mass is 79.9. The fourth-order valence-corrected chi connectivity index (χ4v) is 3.42. The molecule has 1 nitrogen and oxygen atoms in total. The Balaban J connectivity index is 2.29. The van der Waals surface area contributed by atoms with Gasteiger partial charge in [0.1, 0.15) is 11.6 Å². The first-order valence-corrected chi connectivity index (χ1v) is 7.26. The van der Waals surface area contributed by atoms with E-state index in [2.05, 4.69) is 15.9 Å². The van der Waals surface area contributed by atoms with E-state index in [1.54, 1.807) is 0 Å². The van der Waals surface area contributed by atoms with Crippen LogP contribution < -0.4 is 5.73 Å². The van der Waals surface area contributed by atoms with E-state index in [9.17, 15) is 8.78 Å². The molecule has 2 aromatic rings. The van der Waals surface area contributed by atoms with Gasteiger partial charge in [-0.3, -0.25) is 0 Å². The van der Waals surface area contributed by atoms with Crippen LogP contribution in [0.25, 0.3) is 0 Å². The fraction of sp³-hybridized carbons (Fsp3) is 0.143. The summed E-state index contributed by atoms with van der Waals surface area (Å²) >= 11 is 4.61. The lowest BCUT2D eigenvalue weighted by Crippen LogP contribution is -2.05. The largest absolute Gasteiger partial charge is 0.324 e. The molecule has 0 unspecified atom stereocenters. The Morgan fingerprint density at radius 1 is 1.16 bits per heavy atom. The Morgan fingerprint density at radius 3 is 2.53 bits per heavy atom. The third-order valence-corrected chi connectivity index (χ3v) is 4.29. The number of halogens is 3. The first-order chi connectivity index (χ1) is 8.97. The zero-order chi connectivity index (χ0) is 14.0. The van der Waals surface area contributed by atoms with Crippen molar-refractivity contribution in [2.24, 2.45) is 5.73 Å². The molecular weight excluding hydrogens is 332 g/mol. The summed E-state index contributed by atoms with van der Waals surface area (Å²) < 4.78 is 27.5. The van der Waals surface area contributed by atoms with Gasteiger partial charge in [-0.1, -0.05) is 33.8 Å². The number of benzene rings is 2. The smallest absolute Gasteiger partial charge is 0.137 e. The van der Waals surface area contributed by atoms with E-state index in [0.29, 0.717) is 0 Å². The van der Waals surface area contributed by atoms with Gasteiger partial charge in [0, 0.05) is 15.4 Å². The number of hydrogen-bond acceptors (Lipinski definition) is 2. The van der Waals surface area contributed by atoms with Gasteiger partial charge in [-0.15, -0.1) is 0 Å². The Bertz CT molecular complexity index is 602. The van der Waals surface area contributed by atoms with Crippen LogP contribution in [-0.2, 0) is 0 Å². The van der Waals surface area contributed by atoms with Crippen LogP contribution in [0.15, 0.2) is 50.7 Å². The first kappa shape index (κ1) is 14.5. The molecule has 0 spiro atoms. The molecule has 2 N–H and O–H groups in total. The minimum atomic E-state index is -0.449. The van der Waals surface area contributed by atoms with Crippen molar-refractivity contribution < 1.29 is 8.78 Å². The van der Waals surface area contributed by atoms with E-state index < -0.39 is 11.6 Å². The summed E-state index contributed by atoms with van der Waals surface area (Å²) in [5.41, 5.74) is 6.79. The molecule has 0 saturated carbocycles. The van der Waals surface area contributed by atoms with E-state index in [-0.39, 0.29) is 10.9 Å². The van der Waals surface area contributed by atoms with Crippen LogP contribution in [0.5, 0.6) is 0 Å². The average molecular weight is 344 g/mol. The lowest BCUT2D eigenvalue weighted by Gasteiger charge is -2.10. The molecule has 1 atom stereocenters. The Morgan fingerprint density at radius 2 is 1.89 bits per heavy atom. The number of nitrogens with two attached hydrogens (primary N) is 1. The van der Waals surface area contributed by atoms with Crippen molar-refractivity contribution in [3.63, 3.8) is 0 Å². The third-order valence-electron chi connectivity index (χ3n) is 2.58. The second-order valence-corrected chi connectivity index (χ2v) is 6.12. The quantitative estimate of drug-likeness (QED) is 0.857. The summed E-state index contributed by atoms with van der Waals surface area (Å²) in [6.45, 7) is 1.89. The van der Waals surface area contributed by atoms with Crippen molar-refractivity contribution in [1.82, 2.24) is 0 Å². The summed E-state index contributed by atoms with van der Waals surface area (Å²) in [5.74, 6) is -0.881. The van der Waals surface area contributed by atoms with Gasteiger partial charge in [0.15, 0.2) is 0 Å². The maximum Gasteiger partial charge on any atom is 0.137 e. The summed E-state index contributed by atoms with van der Waals surface area (Å²) in [5, 5.41) is 0. The van der Waals surface area contributed by atoms with Crippen LogP contribution >= 0.6 is 27.7 Å². The molecule has 0 aromatic heterocycles. The molecule has 0 aliphatic rings. The van der Waals surface area contributed by atoms with E-state index in [1.165, 1.54) is 17.8 Å². The van der Waals surface area contributed by atoms with Gasteiger partial charge in [-0.05, 0) is 42.8 Å². The fourth-order valence-electron chi connectivity index (χ4n) is 1.62. The molecule has 0 bridgehead atoms. The molecule has 2 aromatic carbocycles. The molecule has 0 fully saturated rings. The third kappa shape index (κ3) is 3.55. The Kier molecular flexibility index (Phi) is 4.60. The molecular formula is C14H12BrF2NS. The van der Waals surface area contributed by atoms with Gasteiger partial charge in [0.2, 0.25) is 0 Å². The van der Waals surface area contributed by atoms with Gasteiger partial charge in [0.05, 0.1) is 4.90 Å². The van der Waals surface area contributed by atoms with E-state index in [0.717, 1.165) is 27.1 Å². The summed E-state index contributed by atoms with van der Waals surface area (Å²) in [6, 6.07) is 8.92. The highest BCUT2D eigenvalue weighted by molar-refractivity contribution is 9.10. The van der Waals surface area contributed by atoms with E-state index in [1.807, 2.05) is 25.1 Å². The summed E-state index contributed by atoms with van der Waals surface area (Å²) in [7, 11) is 0. The number of rotatable bonds is 3. The molecule has 0 amide bonds. The van der Waals surface area contributed by atoms with Crippen molar-refractivity contribution in [2.75, 3.05) is 0 Å². The molecule has 0 radical (unpaired) electrons. The topological polar surface area (TPSA) is 26.0 Å². The molecule has 0 heterocycles. The Hall–Kier alpha value is -0.910. The maximum absolute atomic E-state index is 13.5. The molecule has 19 heavy (non-hydrogen) atoms. The molecule has 0 aliphatic carbocycles. The average Bonchev–Trinajstić information content (AvgIpc) is 2.33. The molecule has 0 saturated heterocycles.